The maximum Gasteiger partial charge on any atom is 0.326 e. The van der Waals surface area contributed by atoms with Crippen LogP contribution in [0.5, 0.6) is 0 Å². The van der Waals surface area contributed by atoms with Crippen LogP contribution in [0.15, 0.2) is 24.3 Å². The van der Waals surface area contributed by atoms with Crippen LogP contribution in [-0.4, -0.2) is 46.4 Å². The van der Waals surface area contributed by atoms with E-state index in [1.807, 2.05) is 19.1 Å². The number of hydrogen-bond donors (Lipinski definition) is 2. The van der Waals surface area contributed by atoms with Crippen LogP contribution in [-0.2, 0) is 9.59 Å². The molecule has 1 aliphatic carbocycles. The van der Waals surface area contributed by atoms with E-state index in [9.17, 15) is 14.4 Å². The Kier molecular flexibility index (Phi) is 4.80. The number of carbonyl (C=O) groups excluding carboxylic acids is 2. The van der Waals surface area contributed by atoms with E-state index in [1.54, 1.807) is 12.1 Å². The van der Waals surface area contributed by atoms with Gasteiger partial charge in [-0.25, -0.2) is 4.79 Å². The molecule has 2 amide bonds. The van der Waals surface area contributed by atoms with E-state index in [2.05, 4.69) is 5.32 Å². The number of carboxylic acids is 1. The molecular formula is C16H20N2O4. The lowest BCUT2D eigenvalue weighted by Crippen LogP contribution is -2.48. The number of aliphatic carboxylic acids is 1. The Hall–Kier alpha value is -2.37. The number of nitrogens with one attached hydrogen (secondary N) is 1. The van der Waals surface area contributed by atoms with E-state index in [4.69, 9.17) is 5.11 Å². The average Bonchev–Trinajstić information content (AvgIpc) is 3.30. The molecule has 1 atom stereocenters. The first kappa shape index (κ1) is 16.0. The smallest absolute Gasteiger partial charge is 0.326 e. The number of amides is 2. The van der Waals surface area contributed by atoms with Gasteiger partial charge in [-0.1, -0.05) is 18.2 Å². The quantitative estimate of drug-likeness (QED) is 0.826. The van der Waals surface area contributed by atoms with Crippen LogP contribution in [0, 0.1) is 6.92 Å². The lowest BCUT2D eigenvalue weighted by molar-refractivity contribution is -0.149. The predicted molar refractivity (Wildman–Crippen MR) is 80.5 cm³/mol. The maximum absolute atomic E-state index is 12.2. The summed E-state index contributed by atoms with van der Waals surface area (Å²) in [4.78, 5) is 36.8. The van der Waals surface area contributed by atoms with Gasteiger partial charge in [0.1, 0.15) is 6.04 Å². The lowest BCUT2D eigenvalue weighted by Gasteiger charge is -2.26. The third kappa shape index (κ3) is 3.63. The minimum atomic E-state index is -1.04. The Labute approximate surface area is 129 Å². The van der Waals surface area contributed by atoms with E-state index in [1.165, 1.54) is 11.8 Å². The van der Waals surface area contributed by atoms with Crippen molar-refractivity contribution in [2.45, 2.75) is 38.8 Å². The summed E-state index contributed by atoms with van der Waals surface area (Å²) in [6.07, 6.45) is 1.63. The molecule has 1 fully saturated rings. The van der Waals surface area contributed by atoms with Gasteiger partial charge in [-0.15, -0.1) is 0 Å². The Morgan fingerprint density at radius 2 is 1.95 bits per heavy atom. The van der Waals surface area contributed by atoms with Gasteiger partial charge < -0.3 is 15.3 Å². The number of carboxylic acid groups (broad SMARTS) is 1. The normalized spacial score (nSPS) is 15.0. The molecule has 0 radical (unpaired) electrons. The van der Waals surface area contributed by atoms with E-state index in [0.717, 1.165) is 18.4 Å². The molecule has 1 unspecified atom stereocenters. The van der Waals surface area contributed by atoms with Crippen LogP contribution < -0.4 is 5.32 Å². The van der Waals surface area contributed by atoms with Gasteiger partial charge in [-0.3, -0.25) is 9.59 Å². The Bertz CT molecular complexity index is 596. The van der Waals surface area contributed by atoms with Crippen LogP contribution in [0.4, 0.5) is 0 Å². The summed E-state index contributed by atoms with van der Waals surface area (Å²) < 4.78 is 0. The third-order valence-electron chi connectivity index (χ3n) is 3.79. The minimum Gasteiger partial charge on any atom is -0.480 e. The monoisotopic (exact) mass is 304 g/mol. The number of nitrogens with zero attached hydrogens (tertiary/aromatic N) is 1. The second-order valence-corrected chi connectivity index (χ2v) is 5.54. The first-order chi connectivity index (χ1) is 10.4. The van der Waals surface area contributed by atoms with Crippen LogP contribution in [0.25, 0.3) is 0 Å². The van der Waals surface area contributed by atoms with Crippen LogP contribution >= 0.6 is 0 Å². The SMILES string of the molecule is Cc1ccccc1C(=O)NCC(=O)N(C1CC1)C(C)C(=O)O. The number of rotatable bonds is 6. The van der Waals surface area contributed by atoms with Gasteiger partial charge in [0, 0.05) is 11.6 Å². The number of aryl methyl sites for hydroxylation is 1. The molecule has 22 heavy (non-hydrogen) atoms. The average molecular weight is 304 g/mol. The van der Waals surface area contributed by atoms with E-state index in [0.29, 0.717) is 5.56 Å². The zero-order chi connectivity index (χ0) is 16.3. The molecule has 6 nitrogen and oxygen atoms in total. The molecule has 0 heterocycles. The number of benzene rings is 1. The van der Waals surface area contributed by atoms with Gasteiger partial charge in [0.2, 0.25) is 5.91 Å². The third-order valence-corrected chi connectivity index (χ3v) is 3.79. The lowest BCUT2D eigenvalue weighted by atomic mass is 10.1. The van der Waals surface area contributed by atoms with Gasteiger partial charge in [0.15, 0.2) is 0 Å². The second kappa shape index (κ2) is 6.60. The molecule has 1 saturated carbocycles. The predicted octanol–water partition coefficient (Wildman–Crippen LogP) is 1.19. The maximum atomic E-state index is 12.2. The fraction of sp³-hybridized carbons (Fsp3) is 0.438. The molecule has 2 rings (SSSR count). The first-order valence-electron chi connectivity index (χ1n) is 7.29. The molecule has 1 aliphatic rings. The van der Waals surface area contributed by atoms with Gasteiger partial charge in [0.25, 0.3) is 5.91 Å². The standard InChI is InChI=1S/C16H20N2O4/c1-10-5-3-4-6-13(10)15(20)17-9-14(19)18(12-7-8-12)11(2)16(21)22/h3-6,11-12H,7-9H2,1-2H3,(H,17,20)(H,21,22). The van der Waals surface area contributed by atoms with Crippen LogP contribution in [0.2, 0.25) is 0 Å². The second-order valence-electron chi connectivity index (χ2n) is 5.54. The van der Waals surface area contributed by atoms with Crippen molar-refractivity contribution in [1.29, 1.82) is 0 Å². The molecule has 1 aromatic carbocycles. The highest BCUT2D eigenvalue weighted by molar-refractivity contribution is 5.98. The topological polar surface area (TPSA) is 86.7 Å². The largest absolute Gasteiger partial charge is 0.480 e. The summed E-state index contributed by atoms with van der Waals surface area (Å²) in [5, 5.41) is 11.7. The molecular weight excluding hydrogens is 284 g/mol. The van der Waals surface area contributed by atoms with E-state index >= 15 is 0 Å². The van der Waals surface area contributed by atoms with Crippen LogP contribution in [0.3, 0.4) is 0 Å². The molecule has 0 aromatic heterocycles. The molecule has 0 saturated heterocycles. The van der Waals surface area contributed by atoms with Gasteiger partial charge in [-0.05, 0) is 38.3 Å². The van der Waals surface area contributed by atoms with Gasteiger partial charge in [0.05, 0.1) is 6.54 Å². The minimum absolute atomic E-state index is 0.0195. The molecule has 1 aromatic rings. The Balaban J connectivity index is 1.98. The highest BCUT2D eigenvalue weighted by Crippen LogP contribution is 2.28. The van der Waals surface area contributed by atoms with Crippen molar-refractivity contribution in [1.82, 2.24) is 10.2 Å². The number of hydrogen-bond acceptors (Lipinski definition) is 3. The fourth-order valence-corrected chi connectivity index (χ4v) is 2.38. The Morgan fingerprint density at radius 1 is 1.32 bits per heavy atom. The highest BCUT2D eigenvalue weighted by atomic mass is 16.4. The van der Waals surface area contributed by atoms with Gasteiger partial charge in [-0.2, -0.15) is 0 Å². The Morgan fingerprint density at radius 3 is 2.50 bits per heavy atom. The van der Waals surface area contributed by atoms with Gasteiger partial charge >= 0.3 is 5.97 Å². The summed E-state index contributed by atoms with van der Waals surface area (Å²) in [7, 11) is 0. The molecule has 2 N–H and O–H groups in total. The zero-order valence-electron chi connectivity index (χ0n) is 12.7. The van der Waals surface area contributed by atoms with Crippen molar-refractivity contribution in [3.63, 3.8) is 0 Å². The summed E-state index contributed by atoms with van der Waals surface area (Å²) in [6.45, 7) is 3.11. The van der Waals surface area contributed by atoms with Crippen LogP contribution in [0.1, 0.15) is 35.7 Å². The highest BCUT2D eigenvalue weighted by Gasteiger charge is 2.38. The van der Waals surface area contributed by atoms with Crippen molar-refractivity contribution in [3.8, 4) is 0 Å². The molecule has 6 heteroatoms. The summed E-state index contributed by atoms with van der Waals surface area (Å²) in [5.74, 6) is -1.73. The summed E-state index contributed by atoms with van der Waals surface area (Å²) >= 11 is 0. The van der Waals surface area contributed by atoms with E-state index < -0.39 is 12.0 Å². The fourth-order valence-electron chi connectivity index (χ4n) is 2.38. The van der Waals surface area contributed by atoms with Crippen molar-refractivity contribution in [3.05, 3.63) is 35.4 Å². The zero-order valence-corrected chi connectivity index (χ0v) is 12.7. The summed E-state index contributed by atoms with van der Waals surface area (Å²) in [5.41, 5.74) is 1.34. The van der Waals surface area contributed by atoms with Crippen molar-refractivity contribution < 1.29 is 19.5 Å². The van der Waals surface area contributed by atoms with Crippen molar-refractivity contribution >= 4 is 17.8 Å². The molecule has 0 aliphatic heterocycles. The van der Waals surface area contributed by atoms with Crippen molar-refractivity contribution in [2.75, 3.05) is 6.54 Å². The number of carbonyl (C=O) groups is 3. The molecule has 118 valence electrons. The molecule has 0 spiro atoms. The molecule has 0 bridgehead atoms. The summed E-state index contributed by atoms with van der Waals surface area (Å²) in [6, 6.07) is 6.20. The van der Waals surface area contributed by atoms with E-state index in [-0.39, 0.29) is 24.4 Å². The first-order valence-corrected chi connectivity index (χ1v) is 7.29. The van der Waals surface area contributed by atoms with Crippen molar-refractivity contribution in [2.24, 2.45) is 0 Å².